The zero-order valence-electron chi connectivity index (χ0n) is 40.7. The van der Waals surface area contributed by atoms with Crippen molar-refractivity contribution in [3.05, 3.63) is 255 Å². The van der Waals surface area contributed by atoms with Gasteiger partial charge in [0.2, 0.25) is 23.5 Å². The van der Waals surface area contributed by atoms with Crippen molar-refractivity contribution in [2.45, 2.75) is 0 Å². The second-order valence-corrected chi connectivity index (χ2v) is 23.2. The standard InChI is InChI=1S/C65H42N10Si/c1-3-23-45(24-4-1)76(46-25-5-2-6-26-46,48-28-20-22-44(42-48)71-57-37-15-16-38-58(57)73-55-35-13-9-31-51(55)66-64(71)73)47-27-19-21-43(41-47)61-68-62(72-53-33-11-7-29-49(53)50-30-8-12-34-54(50)72)70-63(69-61)75-60-40-18-17-39-59(60)74-56-36-14-10-32-52(56)67-65(74)75/h1-42H. The number of rotatable bonds is 8. The van der Waals surface area contributed by atoms with E-state index in [4.69, 9.17) is 24.9 Å². The Hall–Kier alpha value is -10.2. The minimum atomic E-state index is -3.21. The highest BCUT2D eigenvalue weighted by Crippen LogP contribution is 2.34. The lowest BCUT2D eigenvalue weighted by molar-refractivity contribution is 0.885. The molecule has 356 valence electrons. The fourth-order valence-corrected chi connectivity index (χ4v) is 16.9. The Bertz CT molecular complexity index is 4870. The van der Waals surface area contributed by atoms with Gasteiger partial charge in [-0.3, -0.25) is 17.9 Å². The predicted octanol–water partition coefficient (Wildman–Crippen LogP) is 11.5. The normalized spacial score (nSPS) is 12.2. The zero-order valence-corrected chi connectivity index (χ0v) is 41.7. The summed E-state index contributed by atoms with van der Waals surface area (Å²) in [5.41, 5.74) is 12.0. The molecule has 0 N–H and O–H groups in total. The lowest BCUT2D eigenvalue weighted by Gasteiger charge is -2.35. The molecular formula is C65H42N10Si. The molecule has 16 rings (SSSR count). The fraction of sp³-hybridized carbons (Fsp3) is 0. The van der Waals surface area contributed by atoms with Gasteiger partial charge < -0.3 is 0 Å². The highest BCUT2D eigenvalue weighted by Gasteiger charge is 2.42. The molecule has 0 aliphatic carbocycles. The van der Waals surface area contributed by atoms with Gasteiger partial charge in [-0.2, -0.15) is 15.0 Å². The van der Waals surface area contributed by atoms with Crippen molar-refractivity contribution in [2.24, 2.45) is 0 Å². The number of para-hydroxylation sites is 10. The summed E-state index contributed by atoms with van der Waals surface area (Å²) in [6, 6.07) is 90.9. The van der Waals surface area contributed by atoms with E-state index in [0.717, 1.165) is 88.7 Å². The van der Waals surface area contributed by atoms with Crippen LogP contribution >= 0.6 is 0 Å². The average molecular weight is 991 g/mol. The van der Waals surface area contributed by atoms with Crippen LogP contribution in [-0.4, -0.2) is 55.5 Å². The van der Waals surface area contributed by atoms with Gasteiger partial charge in [-0.05, 0) is 93.5 Å². The SMILES string of the molecule is c1ccc([Si](c2ccccc2)(c2cccc(-c3nc(-n4c5ccccc5c5ccccc54)nc(-n4c5ccccc5n5c6ccccc6nc45)n3)c2)c2cccc(-n3c4ccccc4n4c5ccccc5nc34)c2)cc1. The third-order valence-electron chi connectivity index (χ3n) is 15.3. The predicted molar refractivity (Wildman–Crippen MR) is 309 cm³/mol. The molecule has 0 aliphatic heterocycles. The van der Waals surface area contributed by atoms with Gasteiger partial charge in [0.05, 0.1) is 55.2 Å². The van der Waals surface area contributed by atoms with E-state index in [1.807, 2.05) is 6.07 Å². The van der Waals surface area contributed by atoms with Gasteiger partial charge in [-0.15, -0.1) is 0 Å². The first-order chi connectivity index (χ1) is 37.7. The fourth-order valence-electron chi connectivity index (χ4n) is 12.1. The Balaban J connectivity index is 0.970. The number of hydrogen-bond acceptors (Lipinski definition) is 5. The summed E-state index contributed by atoms with van der Waals surface area (Å²) < 4.78 is 11.1. The minimum Gasteiger partial charge on any atom is -0.278 e. The summed E-state index contributed by atoms with van der Waals surface area (Å²) in [7, 11) is -3.21. The summed E-state index contributed by atoms with van der Waals surface area (Å²) in [5, 5.41) is 7.15. The third kappa shape index (κ3) is 6.05. The molecule has 0 atom stereocenters. The maximum atomic E-state index is 5.53. The highest BCUT2D eigenvalue weighted by molar-refractivity contribution is 7.20. The maximum Gasteiger partial charge on any atom is 0.242 e. The molecule has 16 aromatic rings. The van der Waals surface area contributed by atoms with E-state index in [1.165, 1.54) is 20.7 Å². The van der Waals surface area contributed by atoms with Crippen LogP contribution in [-0.2, 0) is 0 Å². The van der Waals surface area contributed by atoms with E-state index in [-0.39, 0.29) is 0 Å². The first-order valence-electron chi connectivity index (χ1n) is 25.5. The lowest BCUT2D eigenvalue weighted by atomic mass is 10.2. The van der Waals surface area contributed by atoms with Crippen molar-refractivity contribution in [2.75, 3.05) is 0 Å². The van der Waals surface area contributed by atoms with Gasteiger partial charge in [0.25, 0.3) is 0 Å². The van der Waals surface area contributed by atoms with Crippen LogP contribution in [0, 0.1) is 0 Å². The molecule has 0 saturated heterocycles. The Kier molecular flexibility index (Phi) is 9.12. The largest absolute Gasteiger partial charge is 0.278 e. The van der Waals surface area contributed by atoms with Gasteiger partial charge in [-0.25, -0.2) is 14.5 Å². The van der Waals surface area contributed by atoms with Gasteiger partial charge in [0.1, 0.15) is 0 Å². The van der Waals surface area contributed by atoms with Crippen molar-refractivity contribution in [3.63, 3.8) is 0 Å². The molecule has 6 heterocycles. The lowest BCUT2D eigenvalue weighted by Crippen LogP contribution is -2.74. The molecule has 10 aromatic carbocycles. The third-order valence-corrected chi connectivity index (χ3v) is 20.1. The average Bonchev–Trinajstić information content (AvgIpc) is 4.41. The van der Waals surface area contributed by atoms with Crippen molar-refractivity contribution >= 4 is 106 Å². The minimum absolute atomic E-state index is 0.466. The van der Waals surface area contributed by atoms with Gasteiger partial charge in [-0.1, -0.05) is 182 Å². The monoisotopic (exact) mass is 990 g/mol. The zero-order chi connectivity index (χ0) is 49.9. The highest BCUT2D eigenvalue weighted by atomic mass is 28.3. The van der Waals surface area contributed by atoms with E-state index >= 15 is 0 Å². The van der Waals surface area contributed by atoms with Crippen LogP contribution in [0.5, 0.6) is 0 Å². The number of benzene rings is 10. The molecule has 10 nitrogen and oxygen atoms in total. The molecule has 0 aliphatic rings. The van der Waals surface area contributed by atoms with Gasteiger partial charge in [0, 0.05) is 22.0 Å². The van der Waals surface area contributed by atoms with E-state index < -0.39 is 8.07 Å². The second-order valence-electron chi connectivity index (χ2n) is 19.4. The number of fused-ring (bicyclic) bond motifs is 13. The molecule has 11 heteroatoms. The number of imidazole rings is 4. The summed E-state index contributed by atoms with van der Waals surface area (Å²) in [6.07, 6.45) is 0. The van der Waals surface area contributed by atoms with Crippen molar-refractivity contribution in [1.82, 2.24) is 47.4 Å². The van der Waals surface area contributed by atoms with Crippen molar-refractivity contribution < 1.29 is 0 Å². The van der Waals surface area contributed by atoms with Gasteiger partial charge >= 0.3 is 0 Å². The van der Waals surface area contributed by atoms with E-state index in [0.29, 0.717) is 17.7 Å². The van der Waals surface area contributed by atoms with E-state index in [9.17, 15) is 0 Å². The van der Waals surface area contributed by atoms with Crippen LogP contribution in [0.15, 0.2) is 255 Å². The molecule has 0 radical (unpaired) electrons. The molecule has 0 unspecified atom stereocenters. The quantitative estimate of drug-likeness (QED) is 0.112. The molecule has 0 fully saturated rings. The van der Waals surface area contributed by atoms with E-state index in [1.54, 1.807) is 0 Å². The van der Waals surface area contributed by atoms with Crippen molar-refractivity contribution in [3.8, 4) is 29.0 Å². The number of aromatic nitrogens is 10. The number of nitrogens with zero attached hydrogens (tertiary/aromatic N) is 10. The molecule has 0 bridgehead atoms. The molecule has 76 heavy (non-hydrogen) atoms. The summed E-state index contributed by atoms with van der Waals surface area (Å²) in [6.45, 7) is 0. The van der Waals surface area contributed by atoms with Crippen LogP contribution in [0.1, 0.15) is 0 Å². The molecule has 0 saturated carbocycles. The van der Waals surface area contributed by atoms with Gasteiger partial charge in [0.15, 0.2) is 13.9 Å². The van der Waals surface area contributed by atoms with Crippen LogP contribution in [0.2, 0.25) is 0 Å². The molecule has 6 aromatic heterocycles. The Morgan fingerprint density at radius 2 is 0.697 bits per heavy atom. The van der Waals surface area contributed by atoms with Crippen LogP contribution in [0.25, 0.3) is 106 Å². The van der Waals surface area contributed by atoms with Crippen LogP contribution in [0.3, 0.4) is 0 Å². The number of hydrogen-bond donors (Lipinski definition) is 0. The summed E-state index contributed by atoms with van der Waals surface area (Å²) in [4.78, 5) is 27.1. The smallest absolute Gasteiger partial charge is 0.242 e. The van der Waals surface area contributed by atoms with Crippen LogP contribution < -0.4 is 20.7 Å². The Morgan fingerprint density at radius 3 is 1.28 bits per heavy atom. The first-order valence-corrected chi connectivity index (χ1v) is 27.5. The topological polar surface area (TPSA) is 88.1 Å². The Morgan fingerprint density at radius 1 is 0.276 bits per heavy atom. The molecule has 0 spiro atoms. The summed E-state index contributed by atoms with van der Waals surface area (Å²) >= 11 is 0. The summed E-state index contributed by atoms with van der Waals surface area (Å²) in [5.74, 6) is 3.11. The van der Waals surface area contributed by atoms with Crippen molar-refractivity contribution in [1.29, 1.82) is 0 Å². The van der Waals surface area contributed by atoms with E-state index in [2.05, 4.69) is 271 Å². The molecular weight excluding hydrogens is 949 g/mol. The first kappa shape index (κ1) is 42.3. The molecule has 0 amide bonds. The second kappa shape index (κ2) is 16.4. The van der Waals surface area contributed by atoms with Crippen LogP contribution in [0.4, 0.5) is 0 Å². The Labute approximate surface area is 435 Å². The maximum absolute atomic E-state index is 5.53.